The zero-order valence-electron chi connectivity index (χ0n) is 18.4. The van der Waals surface area contributed by atoms with Gasteiger partial charge < -0.3 is 0 Å². The van der Waals surface area contributed by atoms with Crippen LogP contribution < -0.4 is 0 Å². The smallest absolute Gasteiger partial charge is 0.299 e. The summed E-state index contributed by atoms with van der Waals surface area (Å²) in [6.07, 6.45) is -11.5. The van der Waals surface area contributed by atoms with E-state index in [-0.39, 0.29) is 32.6 Å². The number of carbonyl (C=O) groups is 2. The van der Waals surface area contributed by atoms with Gasteiger partial charge in [-0.1, -0.05) is 66.0 Å². The molecule has 0 N–H and O–H groups in total. The maximum atomic E-state index is 14.8. The van der Waals surface area contributed by atoms with E-state index in [1.807, 2.05) is 0 Å². The number of halogens is 10. The summed E-state index contributed by atoms with van der Waals surface area (Å²) < 4.78 is 92.6. The minimum Gasteiger partial charge on any atom is -0.299 e. The average molecular weight is 578 g/mol. The zero-order chi connectivity index (χ0) is 27.4. The Labute approximate surface area is 217 Å². The third-order valence-corrected chi connectivity index (χ3v) is 6.22. The number of rotatable bonds is 9. The van der Waals surface area contributed by atoms with Crippen LogP contribution in [0.5, 0.6) is 0 Å². The Morgan fingerprint density at radius 2 is 1.39 bits per heavy atom. The molecule has 0 aromatic heterocycles. The van der Waals surface area contributed by atoms with Gasteiger partial charge >= 0.3 is 12.4 Å². The summed E-state index contributed by atoms with van der Waals surface area (Å²) in [5.41, 5.74) is -0.622. The number of ketones is 2. The lowest BCUT2D eigenvalue weighted by molar-refractivity contribution is -0.152. The summed E-state index contributed by atoms with van der Waals surface area (Å²) in [6.45, 7) is 1.44. The minimum atomic E-state index is -4.90. The van der Waals surface area contributed by atoms with Crippen LogP contribution in [0.15, 0.2) is 42.5 Å². The summed E-state index contributed by atoms with van der Waals surface area (Å²) in [5.74, 6) is -5.87. The Bertz CT molecular complexity index is 1120. The SMILES string of the molecule is C[C@H](CC(=O)CC(F)(F)F)CC(=O)c1ccc(/C(F)=C/C(c2cc(Cl)c(Cl)c(Cl)c2)C(F)(F)F)cc1. The van der Waals surface area contributed by atoms with Gasteiger partial charge in [0.15, 0.2) is 5.78 Å². The average Bonchev–Trinajstić information content (AvgIpc) is 2.73. The fraction of sp³-hybridized carbons (Fsp3) is 0.333. The van der Waals surface area contributed by atoms with E-state index < -0.39 is 60.0 Å². The molecule has 0 aliphatic carbocycles. The fourth-order valence-electron chi connectivity index (χ4n) is 3.38. The Morgan fingerprint density at radius 1 is 0.889 bits per heavy atom. The van der Waals surface area contributed by atoms with Gasteiger partial charge in [0.2, 0.25) is 0 Å². The molecule has 0 saturated heterocycles. The number of alkyl halides is 6. The molecule has 0 fully saturated rings. The van der Waals surface area contributed by atoms with Gasteiger partial charge in [-0.3, -0.25) is 9.59 Å². The van der Waals surface area contributed by atoms with Crippen molar-refractivity contribution in [1.82, 2.24) is 0 Å². The summed E-state index contributed by atoms with van der Waals surface area (Å²) >= 11 is 17.4. The second-order valence-corrected chi connectivity index (χ2v) is 9.37. The van der Waals surface area contributed by atoms with Crippen molar-refractivity contribution in [2.45, 2.75) is 44.5 Å². The topological polar surface area (TPSA) is 34.1 Å². The largest absolute Gasteiger partial charge is 0.399 e. The van der Waals surface area contributed by atoms with Crippen LogP contribution in [0.3, 0.4) is 0 Å². The highest BCUT2D eigenvalue weighted by atomic mass is 35.5. The highest BCUT2D eigenvalue weighted by Crippen LogP contribution is 2.42. The molecule has 0 aliphatic heterocycles. The van der Waals surface area contributed by atoms with E-state index in [9.17, 15) is 40.3 Å². The number of Topliss-reactive ketones (excluding diaryl/α,β-unsaturated/α-hetero) is 2. The Hall–Kier alpha value is -2.10. The first-order valence-electron chi connectivity index (χ1n) is 10.3. The van der Waals surface area contributed by atoms with Gasteiger partial charge in [0.05, 0.1) is 15.1 Å². The number of allylic oxidation sites excluding steroid dienone is 1. The van der Waals surface area contributed by atoms with Crippen molar-refractivity contribution >= 4 is 52.2 Å². The van der Waals surface area contributed by atoms with E-state index in [1.54, 1.807) is 0 Å². The molecule has 2 atom stereocenters. The number of benzene rings is 2. The van der Waals surface area contributed by atoms with E-state index in [0.717, 1.165) is 24.3 Å². The monoisotopic (exact) mass is 576 g/mol. The number of carbonyl (C=O) groups excluding carboxylic acids is 2. The molecule has 1 unspecified atom stereocenters. The second kappa shape index (κ2) is 12.0. The first kappa shape index (κ1) is 30.1. The fourth-order valence-corrected chi connectivity index (χ4v) is 4.00. The summed E-state index contributed by atoms with van der Waals surface area (Å²) in [7, 11) is 0. The molecule has 2 aromatic rings. The van der Waals surface area contributed by atoms with E-state index in [1.165, 1.54) is 19.1 Å². The third kappa shape index (κ3) is 8.78. The van der Waals surface area contributed by atoms with Gasteiger partial charge in [-0.25, -0.2) is 4.39 Å². The van der Waals surface area contributed by atoms with E-state index in [2.05, 4.69) is 0 Å². The molecule has 2 aromatic carbocycles. The summed E-state index contributed by atoms with van der Waals surface area (Å²) in [5, 5.41) is -0.620. The van der Waals surface area contributed by atoms with Crippen molar-refractivity contribution in [3.63, 3.8) is 0 Å². The quantitative estimate of drug-likeness (QED) is 0.169. The lowest BCUT2D eigenvalue weighted by atomic mass is 9.93. The van der Waals surface area contributed by atoms with Crippen LogP contribution in [-0.4, -0.2) is 23.9 Å². The normalized spacial score (nSPS) is 14.5. The van der Waals surface area contributed by atoms with Crippen molar-refractivity contribution in [1.29, 1.82) is 0 Å². The van der Waals surface area contributed by atoms with Gasteiger partial charge in [0, 0.05) is 24.0 Å². The Morgan fingerprint density at radius 3 is 1.86 bits per heavy atom. The van der Waals surface area contributed by atoms with Crippen molar-refractivity contribution in [3.05, 3.63) is 74.2 Å². The molecule has 196 valence electrons. The lowest BCUT2D eigenvalue weighted by Crippen LogP contribution is -2.19. The van der Waals surface area contributed by atoms with Gasteiger partial charge in [-0.2, -0.15) is 26.3 Å². The van der Waals surface area contributed by atoms with Crippen LogP contribution >= 0.6 is 34.8 Å². The first-order valence-corrected chi connectivity index (χ1v) is 11.4. The Balaban J connectivity index is 2.18. The summed E-state index contributed by atoms with van der Waals surface area (Å²) in [4.78, 5) is 23.8. The van der Waals surface area contributed by atoms with Crippen LogP contribution in [0.1, 0.15) is 53.6 Å². The molecule has 0 bridgehead atoms. The van der Waals surface area contributed by atoms with Crippen molar-refractivity contribution in [2.24, 2.45) is 5.92 Å². The van der Waals surface area contributed by atoms with Crippen LogP contribution in [-0.2, 0) is 4.79 Å². The number of hydrogen-bond acceptors (Lipinski definition) is 2. The highest BCUT2D eigenvalue weighted by molar-refractivity contribution is 6.48. The van der Waals surface area contributed by atoms with Crippen molar-refractivity contribution in [3.8, 4) is 0 Å². The molecular weight excluding hydrogens is 560 g/mol. The minimum absolute atomic E-state index is 0.0605. The van der Waals surface area contributed by atoms with Crippen LogP contribution in [0, 0.1) is 5.92 Å². The van der Waals surface area contributed by atoms with Crippen molar-refractivity contribution < 1.29 is 40.3 Å². The molecule has 2 rings (SSSR count). The molecule has 12 heteroatoms. The van der Waals surface area contributed by atoms with E-state index in [4.69, 9.17) is 34.8 Å². The molecule has 0 aliphatic rings. The van der Waals surface area contributed by atoms with Gasteiger partial charge in [0.1, 0.15) is 23.9 Å². The van der Waals surface area contributed by atoms with E-state index in [0.29, 0.717) is 6.08 Å². The lowest BCUT2D eigenvalue weighted by Gasteiger charge is -2.19. The standard InChI is InChI=1S/C24H18Cl3F7O2/c1-12(6-16(35)11-23(29,30)31)7-21(36)14-4-2-13(3-5-14)20(28)10-17(24(32,33)34)15-8-18(25)22(27)19(26)9-15/h2-5,8-10,12,17H,6-7,11H2,1H3/b20-10-/t12-,17?/m1/s1. The van der Waals surface area contributed by atoms with Gasteiger partial charge in [0.25, 0.3) is 0 Å². The van der Waals surface area contributed by atoms with Crippen molar-refractivity contribution in [2.75, 3.05) is 0 Å². The maximum absolute atomic E-state index is 14.8. The third-order valence-electron chi connectivity index (χ3n) is 5.02. The highest BCUT2D eigenvalue weighted by Gasteiger charge is 2.40. The van der Waals surface area contributed by atoms with Gasteiger partial charge in [-0.05, 0) is 29.7 Å². The number of hydrogen-bond donors (Lipinski definition) is 0. The molecule has 0 saturated carbocycles. The molecule has 36 heavy (non-hydrogen) atoms. The molecule has 0 radical (unpaired) electrons. The first-order chi connectivity index (χ1) is 16.5. The summed E-state index contributed by atoms with van der Waals surface area (Å²) in [6, 6.07) is 6.39. The van der Waals surface area contributed by atoms with Crippen LogP contribution in [0.4, 0.5) is 30.7 Å². The predicted molar refractivity (Wildman–Crippen MR) is 124 cm³/mol. The molecule has 0 heterocycles. The molecule has 0 spiro atoms. The van der Waals surface area contributed by atoms with Gasteiger partial charge in [-0.15, -0.1) is 0 Å². The zero-order valence-corrected chi connectivity index (χ0v) is 20.7. The molecule has 2 nitrogen and oxygen atoms in total. The van der Waals surface area contributed by atoms with Crippen LogP contribution in [0.2, 0.25) is 15.1 Å². The maximum Gasteiger partial charge on any atom is 0.399 e. The molecule has 0 amide bonds. The molecular formula is C24H18Cl3F7O2. The van der Waals surface area contributed by atoms with E-state index >= 15 is 0 Å². The Kier molecular flexibility index (Phi) is 10.0. The van der Waals surface area contributed by atoms with Crippen LogP contribution in [0.25, 0.3) is 5.83 Å². The second-order valence-electron chi connectivity index (χ2n) is 8.18. The predicted octanol–water partition coefficient (Wildman–Crippen LogP) is 9.42.